The van der Waals surface area contributed by atoms with E-state index in [1.807, 2.05) is 18.2 Å². The Hall–Kier alpha value is -1.68. The molecule has 0 aromatic heterocycles. The molecule has 0 amide bonds. The molecular weight excluding hydrogens is 284 g/mol. The number of aliphatic hydroxyl groups is 1. The van der Waals surface area contributed by atoms with E-state index in [2.05, 4.69) is 53.5 Å². The third kappa shape index (κ3) is 4.20. The van der Waals surface area contributed by atoms with Crippen molar-refractivity contribution in [1.29, 1.82) is 0 Å². The Bertz CT molecular complexity index is 591. The van der Waals surface area contributed by atoms with Crippen molar-refractivity contribution in [3.8, 4) is 11.1 Å². The van der Waals surface area contributed by atoms with Gasteiger partial charge in [-0.25, -0.2) is 0 Å². The number of hydrogen-bond donors (Lipinski definition) is 2. The summed E-state index contributed by atoms with van der Waals surface area (Å²) in [7, 11) is 0. The molecule has 1 aliphatic heterocycles. The van der Waals surface area contributed by atoms with Crippen LogP contribution in [-0.4, -0.2) is 42.7 Å². The molecule has 23 heavy (non-hydrogen) atoms. The van der Waals surface area contributed by atoms with E-state index in [9.17, 15) is 5.11 Å². The molecule has 0 radical (unpaired) electrons. The van der Waals surface area contributed by atoms with E-state index in [0.29, 0.717) is 0 Å². The van der Waals surface area contributed by atoms with Gasteiger partial charge in [0.05, 0.1) is 6.10 Å². The zero-order valence-electron chi connectivity index (χ0n) is 13.8. The quantitative estimate of drug-likeness (QED) is 0.891. The van der Waals surface area contributed by atoms with Gasteiger partial charge in [-0.1, -0.05) is 61.5 Å². The Balaban J connectivity index is 1.63. The summed E-state index contributed by atoms with van der Waals surface area (Å²) in [5.74, 6) is 0.232. The molecule has 0 spiro atoms. The highest BCUT2D eigenvalue weighted by molar-refractivity contribution is 5.63. The molecule has 3 heteroatoms. The van der Waals surface area contributed by atoms with Crippen LogP contribution in [0.15, 0.2) is 54.6 Å². The van der Waals surface area contributed by atoms with Gasteiger partial charge in [-0.2, -0.15) is 0 Å². The van der Waals surface area contributed by atoms with Crippen LogP contribution >= 0.6 is 0 Å². The Morgan fingerprint density at radius 2 is 1.57 bits per heavy atom. The Labute approximate surface area is 139 Å². The molecule has 1 saturated heterocycles. The van der Waals surface area contributed by atoms with Crippen molar-refractivity contribution in [2.45, 2.75) is 13.0 Å². The van der Waals surface area contributed by atoms with Gasteiger partial charge in [0.1, 0.15) is 0 Å². The van der Waals surface area contributed by atoms with E-state index in [1.165, 1.54) is 11.1 Å². The minimum absolute atomic E-state index is 0.232. The lowest BCUT2D eigenvalue weighted by atomic mass is 9.95. The lowest BCUT2D eigenvalue weighted by Gasteiger charge is -2.31. The molecule has 2 atom stereocenters. The minimum atomic E-state index is -0.408. The second-order valence-electron chi connectivity index (χ2n) is 6.46. The van der Waals surface area contributed by atoms with Gasteiger partial charge in [-0.15, -0.1) is 0 Å². The molecule has 1 aliphatic rings. The van der Waals surface area contributed by atoms with Crippen LogP contribution in [0.4, 0.5) is 0 Å². The second kappa shape index (κ2) is 7.73. The summed E-state index contributed by atoms with van der Waals surface area (Å²) in [5.41, 5.74) is 3.41. The first kappa shape index (κ1) is 16.2. The Kier molecular flexibility index (Phi) is 5.44. The third-order valence-corrected chi connectivity index (χ3v) is 4.65. The van der Waals surface area contributed by atoms with Crippen LogP contribution in [0, 0.1) is 5.92 Å². The van der Waals surface area contributed by atoms with Crippen molar-refractivity contribution in [1.82, 2.24) is 10.2 Å². The van der Waals surface area contributed by atoms with Crippen molar-refractivity contribution in [2.24, 2.45) is 5.92 Å². The molecule has 2 aromatic carbocycles. The summed E-state index contributed by atoms with van der Waals surface area (Å²) in [4.78, 5) is 2.43. The van der Waals surface area contributed by atoms with Crippen molar-refractivity contribution < 1.29 is 5.11 Å². The normalized spacial score (nSPS) is 18.5. The molecule has 122 valence electrons. The van der Waals surface area contributed by atoms with E-state index >= 15 is 0 Å². The predicted octanol–water partition coefficient (Wildman–Crippen LogP) is 2.93. The fourth-order valence-electron chi connectivity index (χ4n) is 3.23. The van der Waals surface area contributed by atoms with Gasteiger partial charge >= 0.3 is 0 Å². The zero-order valence-corrected chi connectivity index (χ0v) is 13.8. The lowest BCUT2D eigenvalue weighted by molar-refractivity contribution is 0.0842. The average molecular weight is 310 g/mol. The maximum atomic E-state index is 10.6. The topological polar surface area (TPSA) is 35.5 Å². The van der Waals surface area contributed by atoms with Crippen LogP contribution in [-0.2, 0) is 0 Å². The summed E-state index contributed by atoms with van der Waals surface area (Å²) in [6, 6.07) is 18.7. The second-order valence-corrected chi connectivity index (χ2v) is 6.46. The summed E-state index contributed by atoms with van der Waals surface area (Å²) in [5, 5.41) is 14.0. The van der Waals surface area contributed by atoms with Crippen LogP contribution in [0.1, 0.15) is 18.6 Å². The standard InChI is InChI=1S/C20H26N2O/c1-16(15-22-13-11-21-12-14-22)20(23)19-9-7-18(8-10-19)17-5-3-2-4-6-17/h2-10,16,20-21,23H,11-15H2,1H3. The molecule has 0 aliphatic carbocycles. The first-order valence-electron chi connectivity index (χ1n) is 8.50. The zero-order chi connectivity index (χ0) is 16.1. The van der Waals surface area contributed by atoms with Crippen LogP contribution in [0.3, 0.4) is 0 Å². The van der Waals surface area contributed by atoms with Crippen molar-refractivity contribution in [3.05, 3.63) is 60.2 Å². The first-order valence-corrected chi connectivity index (χ1v) is 8.50. The third-order valence-electron chi connectivity index (χ3n) is 4.65. The molecule has 3 rings (SSSR count). The van der Waals surface area contributed by atoms with Gasteiger partial charge in [0.2, 0.25) is 0 Å². The van der Waals surface area contributed by atoms with Crippen LogP contribution < -0.4 is 5.32 Å². The number of piperazine rings is 1. The minimum Gasteiger partial charge on any atom is -0.388 e. The van der Waals surface area contributed by atoms with Crippen molar-refractivity contribution in [2.75, 3.05) is 32.7 Å². The largest absolute Gasteiger partial charge is 0.388 e. The smallest absolute Gasteiger partial charge is 0.0827 e. The molecule has 2 unspecified atom stereocenters. The van der Waals surface area contributed by atoms with E-state index in [4.69, 9.17) is 0 Å². The molecule has 2 aromatic rings. The lowest BCUT2D eigenvalue weighted by Crippen LogP contribution is -2.45. The van der Waals surface area contributed by atoms with E-state index in [1.54, 1.807) is 0 Å². The summed E-state index contributed by atoms with van der Waals surface area (Å²) in [6.07, 6.45) is -0.408. The molecule has 1 heterocycles. The molecular formula is C20H26N2O. The summed E-state index contributed by atoms with van der Waals surface area (Å²) >= 11 is 0. The number of benzene rings is 2. The first-order chi connectivity index (χ1) is 11.2. The maximum Gasteiger partial charge on any atom is 0.0827 e. The monoisotopic (exact) mass is 310 g/mol. The van der Waals surface area contributed by atoms with Gasteiger partial charge in [0.15, 0.2) is 0 Å². The molecule has 3 nitrogen and oxygen atoms in total. The number of rotatable bonds is 5. The van der Waals surface area contributed by atoms with Gasteiger partial charge in [-0.05, 0) is 22.6 Å². The van der Waals surface area contributed by atoms with Crippen LogP contribution in [0.5, 0.6) is 0 Å². The Morgan fingerprint density at radius 3 is 2.22 bits per heavy atom. The highest BCUT2D eigenvalue weighted by Gasteiger charge is 2.20. The van der Waals surface area contributed by atoms with Crippen LogP contribution in [0.2, 0.25) is 0 Å². The molecule has 0 saturated carbocycles. The maximum absolute atomic E-state index is 10.6. The van der Waals surface area contributed by atoms with Crippen molar-refractivity contribution >= 4 is 0 Å². The van der Waals surface area contributed by atoms with Crippen molar-refractivity contribution in [3.63, 3.8) is 0 Å². The number of hydrogen-bond acceptors (Lipinski definition) is 3. The van der Waals surface area contributed by atoms with Gasteiger partial charge < -0.3 is 15.3 Å². The van der Waals surface area contributed by atoms with E-state index < -0.39 is 6.10 Å². The number of aliphatic hydroxyl groups excluding tert-OH is 1. The number of nitrogens with zero attached hydrogens (tertiary/aromatic N) is 1. The Morgan fingerprint density at radius 1 is 0.957 bits per heavy atom. The predicted molar refractivity (Wildman–Crippen MR) is 95.3 cm³/mol. The van der Waals surface area contributed by atoms with Gasteiger partial charge in [0, 0.05) is 32.7 Å². The molecule has 2 N–H and O–H groups in total. The molecule has 0 bridgehead atoms. The summed E-state index contributed by atoms with van der Waals surface area (Å²) in [6.45, 7) is 7.33. The van der Waals surface area contributed by atoms with E-state index in [0.717, 1.165) is 38.3 Å². The highest BCUT2D eigenvalue weighted by atomic mass is 16.3. The fraction of sp³-hybridized carbons (Fsp3) is 0.400. The van der Waals surface area contributed by atoms with Crippen LogP contribution in [0.25, 0.3) is 11.1 Å². The average Bonchev–Trinajstić information content (AvgIpc) is 2.63. The summed E-state index contributed by atoms with van der Waals surface area (Å²) < 4.78 is 0. The fourth-order valence-corrected chi connectivity index (χ4v) is 3.23. The van der Waals surface area contributed by atoms with Gasteiger partial charge in [-0.3, -0.25) is 0 Å². The highest BCUT2D eigenvalue weighted by Crippen LogP contribution is 2.26. The van der Waals surface area contributed by atoms with Gasteiger partial charge in [0.25, 0.3) is 0 Å². The van der Waals surface area contributed by atoms with E-state index in [-0.39, 0.29) is 5.92 Å². The SMILES string of the molecule is CC(CN1CCNCC1)C(O)c1ccc(-c2ccccc2)cc1. The number of nitrogens with one attached hydrogen (secondary N) is 1. The molecule has 1 fully saturated rings.